The minimum Gasteiger partial charge on any atom is -0.355 e. The largest absolute Gasteiger partial charge is 0.355 e. The van der Waals surface area contributed by atoms with Crippen molar-refractivity contribution in [3.8, 4) is 0 Å². The van der Waals surface area contributed by atoms with Crippen molar-refractivity contribution in [3.05, 3.63) is 28.2 Å². The molecule has 2 fully saturated rings. The first-order valence-electron chi connectivity index (χ1n) is 8.64. The van der Waals surface area contributed by atoms with Gasteiger partial charge in [-0.1, -0.05) is 30.1 Å². The van der Waals surface area contributed by atoms with Gasteiger partial charge in [-0.25, -0.2) is 0 Å². The molecule has 25 heavy (non-hydrogen) atoms. The van der Waals surface area contributed by atoms with Gasteiger partial charge in [-0.15, -0.1) is 0 Å². The molecule has 1 unspecified atom stereocenters. The predicted octanol–water partition coefficient (Wildman–Crippen LogP) is 2.85. The summed E-state index contributed by atoms with van der Waals surface area (Å²) in [7, 11) is 0. The van der Waals surface area contributed by atoms with Crippen molar-refractivity contribution in [1.29, 1.82) is 0 Å². The van der Waals surface area contributed by atoms with Gasteiger partial charge >= 0.3 is 0 Å². The zero-order valence-corrected chi connectivity index (χ0v) is 15.8. The minimum absolute atomic E-state index is 0.0957. The van der Waals surface area contributed by atoms with Crippen LogP contribution in [0.2, 0.25) is 10.0 Å². The summed E-state index contributed by atoms with van der Waals surface area (Å²) < 4.78 is 0. The molecule has 0 radical (unpaired) electrons. The Kier molecular flexibility index (Phi) is 5.56. The summed E-state index contributed by atoms with van der Waals surface area (Å²) in [5.74, 6) is -1.05. The van der Waals surface area contributed by atoms with E-state index in [2.05, 4.69) is 17.6 Å². The van der Waals surface area contributed by atoms with E-state index in [1.54, 1.807) is 23.1 Å². The van der Waals surface area contributed by atoms with E-state index in [-0.39, 0.29) is 17.2 Å². The number of carbonyl (C=O) groups excluding carboxylic acids is 2. The topological polar surface area (TPSA) is 61.4 Å². The van der Waals surface area contributed by atoms with Crippen LogP contribution < -0.4 is 15.5 Å². The number of nitrogens with zero attached hydrogens (tertiary/aromatic N) is 1. The number of benzene rings is 1. The molecule has 136 valence electrons. The molecule has 0 spiro atoms. The van der Waals surface area contributed by atoms with Crippen LogP contribution in [0, 0.1) is 11.3 Å². The monoisotopic (exact) mass is 383 g/mol. The maximum Gasteiger partial charge on any atom is 0.239 e. The first-order valence-corrected chi connectivity index (χ1v) is 9.40. The van der Waals surface area contributed by atoms with Crippen molar-refractivity contribution in [2.75, 3.05) is 31.1 Å². The van der Waals surface area contributed by atoms with Gasteiger partial charge in [0, 0.05) is 18.1 Å². The number of piperidine rings is 1. The fourth-order valence-corrected chi connectivity index (χ4v) is 3.87. The normalized spacial score (nSPS) is 22.9. The number of amides is 2. The van der Waals surface area contributed by atoms with Crippen LogP contribution in [0.25, 0.3) is 0 Å². The van der Waals surface area contributed by atoms with Crippen molar-refractivity contribution in [3.63, 3.8) is 0 Å². The molecule has 0 aromatic heterocycles. The quantitative estimate of drug-likeness (QED) is 0.785. The van der Waals surface area contributed by atoms with E-state index >= 15 is 0 Å². The second-order valence-corrected chi connectivity index (χ2v) is 8.05. The first-order chi connectivity index (χ1) is 11.9. The molecule has 2 amide bonds. The van der Waals surface area contributed by atoms with Crippen LogP contribution in [-0.2, 0) is 9.59 Å². The van der Waals surface area contributed by atoms with E-state index in [0.717, 1.165) is 25.9 Å². The maximum absolute atomic E-state index is 12.7. The average molecular weight is 384 g/mol. The van der Waals surface area contributed by atoms with Gasteiger partial charge in [-0.05, 0) is 56.0 Å². The Morgan fingerprint density at radius 2 is 2.08 bits per heavy atom. The smallest absolute Gasteiger partial charge is 0.239 e. The first kappa shape index (κ1) is 18.5. The lowest BCUT2D eigenvalue weighted by Crippen LogP contribution is -2.45. The molecule has 0 saturated carbocycles. The van der Waals surface area contributed by atoms with Crippen LogP contribution in [0.3, 0.4) is 0 Å². The van der Waals surface area contributed by atoms with E-state index in [1.807, 2.05) is 0 Å². The molecule has 5 nitrogen and oxygen atoms in total. The molecule has 2 heterocycles. The Bertz CT molecular complexity index is 674. The van der Waals surface area contributed by atoms with E-state index < -0.39 is 5.92 Å². The number of halogens is 2. The number of anilines is 1. The molecular weight excluding hydrogens is 361 g/mol. The maximum atomic E-state index is 12.7. The van der Waals surface area contributed by atoms with E-state index in [0.29, 0.717) is 35.2 Å². The summed E-state index contributed by atoms with van der Waals surface area (Å²) in [6.07, 6.45) is 2.54. The van der Waals surface area contributed by atoms with Crippen LogP contribution in [0.1, 0.15) is 26.2 Å². The standard InChI is InChI=1S/C18H23Cl2N3O2/c1-18(5-7-21-8-6-18)11-22-16(24)13-4-9-23(17(13)25)15-10-12(19)2-3-14(15)20/h2-3,10,13,21H,4-9,11H2,1H3,(H,22,24). The third kappa shape index (κ3) is 4.10. The average Bonchev–Trinajstić information content (AvgIpc) is 2.97. The molecule has 2 aliphatic rings. The lowest BCUT2D eigenvalue weighted by Gasteiger charge is -2.34. The summed E-state index contributed by atoms with van der Waals surface area (Å²) in [5, 5.41) is 7.29. The number of nitrogens with one attached hydrogen (secondary N) is 2. The molecule has 0 bridgehead atoms. The summed E-state index contributed by atoms with van der Waals surface area (Å²) in [4.78, 5) is 26.8. The van der Waals surface area contributed by atoms with Gasteiger partial charge in [0.1, 0.15) is 5.92 Å². The van der Waals surface area contributed by atoms with E-state index in [4.69, 9.17) is 23.2 Å². The Labute approximate surface area is 158 Å². The highest BCUT2D eigenvalue weighted by Crippen LogP contribution is 2.34. The third-order valence-corrected chi connectivity index (χ3v) is 5.78. The fraction of sp³-hybridized carbons (Fsp3) is 0.556. The van der Waals surface area contributed by atoms with Crippen molar-refractivity contribution in [2.45, 2.75) is 26.2 Å². The Morgan fingerprint density at radius 3 is 2.80 bits per heavy atom. The Balaban J connectivity index is 1.63. The van der Waals surface area contributed by atoms with Gasteiger partial charge in [0.05, 0.1) is 10.7 Å². The van der Waals surface area contributed by atoms with Crippen LogP contribution in [0.4, 0.5) is 5.69 Å². The van der Waals surface area contributed by atoms with Gasteiger partial charge in [-0.2, -0.15) is 0 Å². The summed E-state index contributed by atoms with van der Waals surface area (Å²) in [5.41, 5.74) is 0.665. The van der Waals surface area contributed by atoms with Gasteiger partial charge < -0.3 is 15.5 Å². The molecule has 0 aliphatic carbocycles. The molecule has 7 heteroatoms. The predicted molar refractivity (Wildman–Crippen MR) is 100 cm³/mol. The number of hydrogen-bond donors (Lipinski definition) is 2. The highest BCUT2D eigenvalue weighted by atomic mass is 35.5. The van der Waals surface area contributed by atoms with Crippen molar-refractivity contribution in [1.82, 2.24) is 10.6 Å². The zero-order valence-electron chi connectivity index (χ0n) is 14.3. The SMILES string of the molecule is CC1(CNC(=O)C2CCN(c3cc(Cl)ccc3Cl)C2=O)CCNCC1. The van der Waals surface area contributed by atoms with Crippen molar-refractivity contribution >= 4 is 40.7 Å². The highest BCUT2D eigenvalue weighted by Gasteiger charge is 2.39. The molecule has 1 aromatic carbocycles. The second kappa shape index (κ2) is 7.52. The fourth-order valence-electron chi connectivity index (χ4n) is 3.49. The molecule has 1 atom stereocenters. The lowest BCUT2D eigenvalue weighted by atomic mass is 9.81. The summed E-state index contributed by atoms with van der Waals surface area (Å²) in [6, 6.07) is 5.01. The summed E-state index contributed by atoms with van der Waals surface area (Å²) in [6.45, 7) is 5.20. The molecule has 3 rings (SSSR count). The van der Waals surface area contributed by atoms with E-state index in [9.17, 15) is 9.59 Å². The molecule has 2 aliphatic heterocycles. The van der Waals surface area contributed by atoms with Gasteiger partial charge in [-0.3, -0.25) is 9.59 Å². The third-order valence-electron chi connectivity index (χ3n) is 5.22. The number of carbonyl (C=O) groups is 2. The van der Waals surface area contributed by atoms with E-state index in [1.165, 1.54) is 0 Å². The second-order valence-electron chi connectivity index (χ2n) is 7.21. The minimum atomic E-state index is -0.652. The van der Waals surface area contributed by atoms with Crippen LogP contribution >= 0.6 is 23.2 Å². The van der Waals surface area contributed by atoms with Crippen LogP contribution in [0.5, 0.6) is 0 Å². The zero-order chi connectivity index (χ0) is 18.0. The van der Waals surface area contributed by atoms with Crippen molar-refractivity contribution < 1.29 is 9.59 Å². The van der Waals surface area contributed by atoms with Gasteiger partial charge in [0.15, 0.2) is 0 Å². The highest BCUT2D eigenvalue weighted by molar-refractivity contribution is 6.36. The van der Waals surface area contributed by atoms with Gasteiger partial charge in [0.25, 0.3) is 0 Å². The lowest BCUT2D eigenvalue weighted by molar-refractivity contribution is -0.132. The van der Waals surface area contributed by atoms with Crippen LogP contribution in [0.15, 0.2) is 18.2 Å². The molecule has 2 saturated heterocycles. The molecule has 2 N–H and O–H groups in total. The molecule has 1 aromatic rings. The van der Waals surface area contributed by atoms with Crippen molar-refractivity contribution in [2.24, 2.45) is 11.3 Å². The van der Waals surface area contributed by atoms with Gasteiger partial charge in [0.2, 0.25) is 11.8 Å². The summed E-state index contributed by atoms with van der Waals surface area (Å²) >= 11 is 12.2. The number of rotatable bonds is 4. The van der Waals surface area contributed by atoms with Crippen LogP contribution in [-0.4, -0.2) is 38.0 Å². The Morgan fingerprint density at radius 1 is 1.36 bits per heavy atom. The Hall–Kier alpha value is -1.30. The number of hydrogen-bond acceptors (Lipinski definition) is 3. The molecular formula is C18H23Cl2N3O2.